The normalized spacial score (nSPS) is 9.40. The first-order valence-electron chi connectivity index (χ1n) is 5.09. The predicted octanol–water partition coefficient (Wildman–Crippen LogP) is 5.72. The third kappa shape index (κ3) is 7.96. The van der Waals surface area contributed by atoms with Crippen LogP contribution in [0.25, 0.3) is 0 Å². The summed E-state index contributed by atoms with van der Waals surface area (Å²) in [7, 11) is 0. The summed E-state index contributed by atoms with van der Waals surface area (Å²) >= 11 is 16.7. The molecule has 0 aliphatic rings. The number of benzene rings is 1. The SMILES string of the molecule is CCCCCCl.Cc1ccc(Cl)cc1Cl. The fourth-order valence-electron chi connectivity index (χ4n) is 0.912. The zero-order chi connectivity index (χ0) is 11.7. The summed E-state index contributed by atoms with van der Waals surface area (Å²) in [5, 5.41) is 1.41. The Labute approximate surface area is 108 Å². The summed E-state index contributed by atoms with van der Waals surface area (Å²) < 4.78 is 0. The fourth-order valence-corrected chi connectivity index (χ4v) is 1.51. The van der Waals surface area contributed by atoms with Crippen LogP contribution in [0.5, 0.6) is 0 Å². The first-order chi connectivity index (χ1) is 7.11. The highest BCUT2D eigenvalue weighted by Crippen LogP contribution is 2.19. The van der Waals surface area contributed by atoms with Gasteiger partial charge >= 0.3 is 0 Å². The van der Waals surface area contributed by atoms with Crippen molar-refractivity contribution >= 4 is 34.8 Å². The Morgan fingerprint density at radius 1 is 1.13 bits per heavy atom. The Bertz CT molecular complexity index is 268. The molecule has 0 saturated heterocycles. The Hall–Kier alpha value is 0.0900. The molecule has 0 heterocycles. The maximum atomic E-state index is 5.73. The van der Waals surface area contributed by atoms with Gasteiger partial charge in [0.15, 0.2) is 0 Å². The van der Waals surface area contributed by atoms with Crippen molar-refractivity contribution in [2.75, 3.05) is 5.88 Å². The molecule has 0 fully saturated rings. The van der Waals surface area contributed by atoms with Gasteiger partial charge in [0.05, 0.1) is 0 Å². The predicted molar refractivity (Wildman–Crippen MR) is 71.4 cm³/mol. The lowest BCUT2D eigenvalue weighted by molar-refractivity contribution is 0.776. The van der Waals surface area contributed by atoms with Crippen LogP contribution in [0, 0.1) is 6.92 Å². The molecule has 0 radical (unpaired) electrons. The standard InChI is InChI=1S/C7H6Cl2.C5H11Cl/c1-5-2-3-6(8)4-7(5)9;1-2-3-4-5-6/h2-4H,1H3;2-5H2,1H3. The van der Waals surface area contributed by atoms with Gasteiger partial charge in [0.2, 0.25) is 0 Å². The summed E-state index contributed by atoms with van der Waals surface area (Å²) in [6.07, 6.45) is 3.73. The number of hydrogen-bond acceptors (Lipinski definition) is 0. The Kier molecular flexibility index (Phi) is 9.38. The van der Waals surface area contributed by atoms with Crippen molar-refractivity contribution in [3.05, 3.63) is 33.8 Å². The van der Waals surface area contributed by atoms with Gasteiger partial charge in [-0.2, -0.15) is 0 Å². The molecule has 0 aliphatic heterocycles. The number of halogens is 3. The van der Waals surface area contributed by atoms with E-state index in [4.69, 9.17) is 34.8 Å². The number of alkyl halides is 1. The van der Waals surface area contributed by atoms with Gasteiger partial charge < -0.3 is 0 Å². The van der Waals surface area contributed by atoms with Crippen molar-refractivity contribution in [3.63, 3.8) is 0 Å². The molecular formula is C12H17Cl3. The van der Waals surface area contributed by atoms with Crippen molar-refractivity contribution < 1.29 is 0 Å². The van der Waals surface area contributed by atoms with Gasteiger partial charge in [-0.05, 0) is 31.0 Å². The van der Waals surface area contributed by atoms with Gasteiger partial charge in [0, 0.05) is 15.9 Å². The van der Waals surface area contributed by atoms with E-state index in [9.17, 15) is 0 Å². The molecule has 1 aromatic rings. The summed E-state index contributed by atoms with van der Waals surface area (Å²) in [6.45, 7) is 4.12. The summed E-state index contributed by atoms with van der Waals surface area (Å²) in [5.41, 5.74) is 1.06. The largest absolute Gasteiger partial charge is 0.127 e. The first kappa shape index (κ1) is 15.1. The Morgan fingerprint density at radius 3 is 2.13 bits per heavy atom. The second-order valence-corrected chi connectivity index (χ2v) is 4.51. The van der Waals surface area contributed by atoms with Crippen molar-refractivity contribution in [3.8, 4) is 0 Å². The van der Waals surface area contributed by atoms with Crippen LogP contribution >= 0.6 is 34.8 Å². The lowest BCUT2D eigenvalue weighted by atomic mass is 10.2. The second-order valence-electron chi connectivity index (χ2n) is 3.29. The number of rotatable bonds is 3. The van der Waals surface area contributed by atoms with Crippen LogP contribution in [-0.4, -0.2) is 5.88 Å². The summed E-state index contributed by atoms with van der Waals surface area (Å²) in [6, 6.07) is 5.45. The minimum Gasteiger partial charge on any atom is -0.127 e. The topological polar surface area (TPSA) is 0 Å². The van der Waals surface area contributed by atoms with E-state index in [1.807, 2.05) is 19.1 Å². The van der Waals surface area contributed by atoms with Gasteiger partial charge in [0.1, 0.15) is 0 Å². The van der Waals surface area contributed by atoms with E-state index in [1.165, 1.54) is 19.3 Å². The van der Waals surface area contributed by atoms with Gasteiger partial charge in [-0.15, -0.1) is 11.6 Å². The smallest absolute Gasteiger partial charge is 0.0449 e. The Morgan fingerprint density at radius 2 is 1.80 bits per heavy atom. The zero-order valence-electron chi connectivity index (χ0n) is 9.19. The van der Waals surface area contributed by atoms with Crippen molar-refractivity contribution in [2.45, 2.75) is 33.1 Å². The molecule has 1 aromatic carbocycles. The van der Waals surface area contributed by atoms with Crippen LogP contribution < -0.4 is 0 Å². The molecule has 15 heavy (non-hydrogen) atoms. The minimum absolute atomic E-state index is 0.686. The molecule has 0 nitrogen and oxygen atoms in total. The maximum Gasteiger partial charge on any atom is 0.0449 e. The highest BCUT2D eigenvalue weighted by Gasteiger charge is 1.92. The monoisotopic (exact) mass is 266 g/mol. The van der Waals surface area contributed by atoms with Crippen molar-refractivity contribution in [1.29, 1.82) is 0 Å². The third-order valence-corrected chi connectivity index (χ3v) is 2.78. The molecule has 0 unspecified atom stereocenters. The van der Waals surface area contributed by atoms with Gasteiger partial charge in [-0.3, -0.25) is 0 Å². The highest BCUT2D eigenvalue weighted by molar-refractivity contribution is 6.35. The molecule has 0 aromatic heterocycles. The number of unbranched alkanes of at least 4 members (excludes halogenated alkanes) is 2. The second kappa shape index (κ2) is 9.33. The van der Waals surface area contributed by atoms with E-state index in [1.54, 1.807) is 6.07 Å². The molecule has 1 rings (SSSR count). The zero-order valence-corrected chi connectivity index (χ0v) is 11.5. The lowest BCUT2D eigenvalue weighted by Crippen LogP contribution is -1.71. The Balaban J connectivity index is 0.000000288. The summed E-state index contributed by atoms with van der Waals surface area (Å²) in [5.74, 6) is 0.827. The number of hydrogen-bond donors (Lipinski definition) is 0. The van der Waals surface area contributed by atoms with Crippen LogP contribution in [0.2, 0.25) is 10.0 Å². The van der Waals surface area contributed by atoms with Gasteiger partial charge in [-0.1, -0.05) is 49.0 Å². The first-order valence-corrected chi connectivity index (χ1v) is 6.38. The molecule has 0 saturated carbocycles. The lowest BCUT2D eigenvalue weighted by Gasteiger charge is -1.94. The molecular weight excluding hydrogens is 250 g/mol. The van der Waals surface area contributed by atoms with E-state index in [0.29, 0.717) is 5.02 Å². The van der Waals surface area contributed by atoms with Gasteiger partial charge in [0.25, 0.3) is 0 Å². The van der Waals surface area contributed by atoms with Crippen molar-refractivity contribution in [2.24, 2.45) is 0 Å². The molecule has 0 spiro atoms. The van der Waals surface area contributed by atoms with Crippen LogP contribution in [0.1, 0.15) is 31.7 Å². The third-order valence-electron chi connectivity index (χ3n) is 1.87. The molecule has 0 atom stereocenters. The molecule has 0 amide bonds. The fraction of sp³-hybridized carbons (Fsp3) is 0.500. The molecule has 3 heteroatoms. The van der Waals surface area contributed by atoms with Gasteiger partial charge in [-0.25, -0.2) is 0 Å². The van der Waals surface area contributed by atoms with E-state index in [0.717, 1.165) is 16.5 Å². The van der Waals surface area contributed by atoms with E-state index >= 15 is 0 Å². The van der Waals surface area contributed by atoms with Crippen molar-refractivity contribution in [1.82, 2.24) is 0 Å². The average Bonchev–Trinajstić information content (AvgIpc) is 2.22. The van der Waals surface area contributed by atoms with Crippen LogP contribution in [0.4, 0.5) is 0 Å². The molecule has 0 aliphatic carbocycles. The van der Waals surface area contributed by atoms with E-state index < -0.39 is 0 Å². The van der Waals surface area contributed by atoms with E-state index in [2.05, 4.69) is 6.92 Å². The summed E-state index contributed by atoms with van der Waals surface area (Å²) in [4.78, 5) is 0. The van der Waals surface area contributed by atoms with Crippen LogP contribution in [-0.2, 0) is 0 Å². The minimum atomic E-state index is 0.686. The maximum absolute atomic E-state index is 5.73. The molecule has 0 bridgehead atoms. The highest BCUT2D eigenvalue weighted by atomic mass is 35.5. The van der Waals surface area contributed by atoms with Crippen LogP contribution in [0.3, 0.4) is 0 Å². The molecule has 0 N–H and O–H groups in total. The van der Waals surface area contributed by atoms with E-state index in [-0.39, 0.29) is 0 Å². The average molecular weight is 268 g/mol. The quantitative estimate of drug-likeness (QED) is 0.485. The van der Waals surface area contributed by atoms with Crippen LogP contribution in [0.15, 0.2) is 18.2 Å². The molecule has 86 valence electrons. The number of aryl methyl sites for hydroxylation is 1.